The first-order valence-corrected chi connectivity index (χ1v) is 8.59. The highest BCUT2D eigenvalue weighted by Crippen LogP contribution is 2.31. The van der Waals surface area contributed by atoms with Crippen LogP contribution in [0, 0.1) is 5.41 Å². The van der Waals surface area contributed by atoms with Gasteiger partial charge in [0.15, 0.2) is 0 Å². The summed E-state index contributed by atoms with van der Waals surface area (Å²) >= 11 is 12.5. The summed E-state index contributed by atoms with van der Waals surface area (Å²) in [5, 5.41) is 0.751. The number of unbranched alkanes of at least 4 members (excludes halogenated alkanes) is 2. The van der Waals surface area contributed by atoms with E-state index >= 15 is 0 Å². The summed E-state index contributed by atoms with van der Waals surface area (Å²) in [4.78, 5) is 4.62. The lowest BCUT2D eigenvalue weighted by Gasteiger charge is -2.26. The molecule has 1 heterocycles. The number of hydrogen-bond donors (Lipinski definition) is 0. The van der Waals surface area contributed by atoms with Gasteiger partial charge in [0.1, 0.15) is 5.82 Å². The van der Waals surface area contributed by atoms with Crippen molar-refractivity contribution >= 4 is 34.2 Å². The van der Waals surface area contributed by atoms with E-state index in [1.807, 2.05) is 18.2 Å². The molecule has 21 heavy (non-hydrogen) atoms. The van der Waals surface area contributed by atoms with E-state index in [0.717, 1.165) is 28.4 Å². The van der Waals surface area contributed by atoms with Crippen LogP contribution in [0.3, 0.4) is 0 Å². The first-order valence-electron chi connectivity index (χ1n) is 7.68. The van der Waals surface area contributed by atoms with Crippen molar-refractivity contribution in [2.24, 2.45) is 5.41 Å². The molecule has 0 fully saturated rings. The molecule has 0 aliphatic carbocycles. The molecule has 0 saturated carbocycles. The third-order valence-electron chi connectivity index (χ3n) is 3.96. The predicted octanol–water partition coefficient (Wildman–Crippen LogP) is 6.04. The monoisotopic (exact) mass is 326 g/mol. The van der Waals surface area contributed by atoms with Crippen LogP contribution in [0.15, 0.2) is 18.2 Å². The number of halogens is 2. The number of nitrogens with zero attached hydrogens (tertiary/aromatic N) is 2. The summed E-state index contributed by atoms with van der Waals surface area (Å²) in [7, 11) is 0. The van der Waals surface area contributed by atoms with Crippen LogP contribution in [0.2, 0.25) is 5.02 Å². The number of imidazole rings is 1. The number of alkyl halides is 1. The zero-order chi connectivity index (χ0) is 15.5. The molecule has 0 saturated heterocycles. The second kappa shape index (κ2) is 7.02. The first kappa shape index (κ1) is 16.6. The smallest absolute Gasteiger partial charge is 0.124 e. The molecule has 116 valence electrons. The molecule has 1 aromatic carbocycles. The van der Waals surface area contributed by atoms with Crippen molar-refractivity contribution in [2.45, 2.75) is 58.9 Å². The number of rotatable bonds is 7. The molecule has 0 N–H and O–H groups in total. The van der Waals surface area contributed by atoms with Gasteiger partial charge in [-0.25, -0.2) is 4.98 Å². The molecule has 1 aromatic heterocycles. The molecule has 0 amide bonds. The molecule has 0 spiro atoms. The maximum Gasteiger partial charge on any atom is 0.124 e. The van der Waals surface area contributed by atoms with E-state index in [9.17, 15) is 0 Å². The number of fused-ring (bicyclic) bond motifs is 1. The van der Waals surface area contributed by atoms with Crippen LogP contribution in [-0.2, 0) is 12.4 Å². The van der Waals surface area contributed by atoms with Crippen molar-refractivity contribution < 1.29 is 0 Å². The highest BCUT2D eigenvalue weighted by molar-refractivity contribution is 6.35. The Balaban J connectivity index is 2.32. The summed E-state index contributed by atoms with van der Waals surface area (Å²) in [6.45, 7) is 7.76. The van der Waals surface area contributed by atoms with Crippen LogP contribution >= 0.6 is 23.2 Å². The third-order valence-corrected chi connectivity index (χ3v) is 4.50. The molecule has 2 aromatic rings. The number of hydrogen-bond acceptors (Lipinski definition) is 1. The van der Waals surface area contributed by atoms with Crippen molar-refractivity contribution in [3.8, 4) is 0 Å². The van der Waals surface area contributed by atoms with E-state index < -0.39 is 0 Å². The van der Waals surface area contributed by atoms with Gasteiger partial charge < -0.3 is 4.57 Å². The van der Waals surface area contributed by atoms with Crippen LogP contribution in [0.1, 0.15) is 52.3 Å². The van der Waals surface area contributed by atoms with Crippen molar-refractivity contribution in [1.82, 2.24) is 9.55 Å². The second-order valence-electron chi connectivity index (χ2n) is 6.48. The Morgan fingerprint density at radius 3 is 2.67 bits per heavy atom. The van der Waals surface area contributed by atoms with Gasteiger partial charge in [0.2, 0.25) is 0 Å². The maximum atomic E-state index is 6.38. The van der Waals surface area contributed by atoms with Gasteiger partial charge in [-0.3, -0.25) is 0 Å². The molecule has 4 heteroatoms. The summed E-state index contributed by atoms with van der Waals surface area (Å²) in [6, 6.07) is 5.86. The fraction of sp³-hybridized carbons (Fsp3) is 0.588. The first-order chi connectivity index (χ1) is 9.98. The fourth-order valence-corrected chi connectivity index (χ4v) is 3.30. The molecular formula is C17H24Cl2N2. The summed E-state index contributed by atoms with van der Waals surface area (Å²) in [5.41, 5.74) is 2.16. The largest absolute Gasteiger partial charge is 0.325 e. The van der Waals surface area contributed by atoms with Gasteiger partial charge >= 0.3 is 0 Å². The zero-order valence-electron chi connectivity index (χ0n) is 13.1. The van der Waals surface area contributed by atoms with Crippen molar-refractivity contribution in [2.75, 3.05) is 0 Å². The Labute approximate surface area is 137 Å². The molecule has 2 rings (SSSR count). The minimum Gasteiger partial charge on any atom is -0.325 e. The van der Waals surface area contributed by atoms with Gasteiger partial charge in [-0.1, -0.05) is 57.7 Å². The SMILES string of the molecule is CCCCCC(C)(C)Cn1c(CCl)nc2cccc(Cl)c21. The second-order valence-corrected chi connectivity index (χ2v) is 7.15. The average Bonchev–Trinajstić information content (AvgIpc) is 2.77. The van der Waals surface area contributed by atoms with E-state index in [1.54, 1.807) is 0 Å². The number of benzene rings is 1. The van der Waals surface area contributed by atoms with Gasteiger partial charge in [0, 0.05) is 6.54 Å². The molecule has 0 atom stereocenters. The van der Waals surface area contributed by atoms with Crippen LogP contribution < -0.4 is 0 Å². The maximum absolute atomic E-state index is 6.38. The van der Waals surface area contributed by atoms with Crippen LogP contribution in [0.4, 0.5) is 0 Å². The summed E-state index contributed by atoms with van der Waals surface area (Å²) in [5.74, 6) is 1.32. The predicted molar refractivity (Wildman–Crippen MR) is 92.2 cm³/mol. The van der Waals surface area contributed by atoms with Crippen LogP contribution in [0.5, 0.6) is 0 Å². The third kappa shape index (κ3) is 3.92. The number of aromatic nitrogens is 2. The minimum atomic E-state index is 0.211. The summed E-state index contributed by atoms with van der Waals surface area (Å²) in [6.07, 6.45) is 5.01. The lowest BCUT2D eigenvalue weighted by molar-refractivity contribution is 0.272. The van der Waals surface area contributed by atoms with Crippen LogP contribution in [-0.4, -0.2) is 9.55 Å². The highest BCUT2D eigenvalue weighted by atomic mass is 35.5. The number of para-hydroxylation sites is 1. The quantitative estimate of drug-likeness (QED) is 0.448. The summed E-state index contributed by atoms with van der Waals surface area (Å²) < 4.78 is 2.20. The Kier molecular flexibility index (Phi) is 5.56. The molecule has 0 aliphatic heterocycles. The Hall–Kier alpha value is -0.730. The van der Waals surface area contributed by atoms with Gasteiger partial charge in [0.05, 0.1) is 21.9 Å². The van der Waals surface area contributed by atoms with E-state index in [2.05, 4.69) is 30.3 Å². The average molecular weight is 327 g/mol. The lowest BCUT2D eigenvalue weighted by Crippen LogP contribution is -2.21. The fourth-order valence-electron chi connectivity index (χ4n) is 2.82. The van der Waals surface area contributed by atoms with Crippen LogP contribution in [0.25, 0.3) is 11.0 Å². The van der Waals surface area contributed by atoms with E-state index in [4.69, 9.17) is 23.2 Å². The molecule has 0 bridgehead atoms. The standard InChI is InChI=1S/C17H24Cl2N2/c1-4-5-6-10-17(2,3)12-21-15(11-18)20-14-9-7-8-13(19)16(14)21/h7-9H,4-6,10-12H2,1-3H3. The minimum absolute atomic E-state index is 0.211. The van der Waals surface area contributed by atoms with Gasteiger partial charge in [-0.2, -0.15) is 0 Å². The van der Waals surface area contributed by atoms with E-state index in [0.29, 0.717) is 5.88 Å². The topological polar surface area (TPSA) is 17.8 Å². The highest BCUT2D eigenvalue weighted by Gasteiger charge is 2.22. The molecule has 0 unspecified atom stereocenters. The molecule has 2 nitrogen and oxygen atoms in total. The molecule has 0 radical (unpaired) electrons. The van der Waals surface area contributed by atoms with Gasteiger partial charge in [-0.15, -0.1) is 11.6 Å². The van der Waals surface area contributed by atoms with E-state index in [1.165, 1.54) is 25.7 Å². The molecule has 0 aliphatic rings. The van der Waals surface area contributed by atoms with Crippen molar-refractivity contribution in [1.29, 1.82) is 0 Å². The lowest BCUT2D eigenvalue weighted by atomic mass is 9.86. The van der Waals surface area contributed by atoms with Crippen molar-refractivity contribution in [3.63, 3.8) is 0 Å². The zero-order valence-corrected chi connectivity index (χ0v) is 14.6. The Morgan fingerprint density at radius 1 is 1.24 bits per heavy atom. The molecular weight excluding hydrogens is 303 g/mol. The normalized spacial score (nSPS) is 12.2. The van der Waals surface area contributed by atoms with Crippen molar-refractivity contribution in [3.05, 3.63) is 29.0 Å². The van der Waals surface area contributed by atoms with E-state index in [-0.39, 0.29) is 5.41 Å². The Morgan fingerprint density at radius 2 is 2.00 bits per heavy atom. The Bertz CT molecular complexity index is 602. The van der Waals surface area contributed by atoms with Gasteiger partial charge in [0.25, 0.3) is 0 Å². The van der Waals surface area contributed by atoms with Gasteiger partial charge in [-0.05, 0) is 24.0 Å².